The average Bonchev–Trinajstić information content (AvgIpc) is 2.75. The normalized spacial score (nSPS) is 20.7. The summed E-state index contributed by atoms with van der Waals surface area (Å²) >= 11 is 5.55. The molecule has 1 aliphatic rings. The minimum atomic E-state index is -0.572. The number of benzene rings is 1. The number of carbonyl (C=O) groups excluding carboxylic acids is 1. The third-order valence-electron chi connectivity index (χ3n) is 3.33. The summed E-state index contributed by atoms with van der Waals surface area (Å²) in [5, 5.41) is 12.5. The zero-order valence-electron chi connectivity index (χ0n) is 11.0. The van der Waals surface area contributed by atoms with E-state index in [1.54, 1.807) is 0 Å². The van der Waals surface area contributed by atoms with Crippen LogP contribution in [0.5, 0.6) is 0 Å². The maximum absolute atomic E-state index is 11.9. The molecule has 2 rings (SSSR count). The fourth-order valence-electron chi connectivity index (χ4n) is 2.28. The third-order valence-corrected chi connectivity index (χ3v) is 3.69. The van der Waals surface area contributed by atoms with Gasteiger partial charge in [0.25, 0.3) is 0 Å². The molecule has 1 saturated heterocycles. The van der Waals surface area contributed by atoms with Crippen molar-refractivity contribution < 1.29 is 9.90 Å². The number of nitrogens with one attached hydrogen (secondary N) is 1. The highest BCUT2D eigenvalue weighted by Crippen LogP contribution is 2.28. The van der Waals surface area contributed by atoms with Crippen LogP contribution in [0.15, 0.2) is 24.3 Å². The Hall–Kier alpha value is -1.26. The minimum absolute atomic E-state index is 0.172. The van der Waals surface area contributed by atoms with Gasteiger partial charge in [-0.2, -0.15) is 0 Å². The smallest absolute Gasteiger partial charge is 0.227 e. The molecule has 19 heavy (non-hydrogen) atoms. The van der Waals surface area contributed by atoms with E-state index in [9.17, 15) is 9.90 Å². The molecule has 1 aromatic rings. The predicted octanol–water partition coefficient (Wildman–Crippen LogP) is 2.21. The van der Waals surface area contributed by atoms with Gasteiger partial charge in [0.1, 0.15) is 0 Å². The van der Waals surface area contributed by atoms with Crippen molar-refractivity contribution in [2.45, 2.75) is 31.9 Å². The molecule has 0 radical (unpaired) electrons. The van der Waals surface area contributed by atoms with Gasteiger partial charge in [0.15, 0.2) is 0 Å². The van der Waals surface area contributed by atoms with E-state index in [-0.39, 0.29) is 17.8 Å². The molecular formula is C14H19ClN2O2. The van der Waals surface area contributed by atoms with Crippen molar-refractivity contribution in [2.75, 3.05) is 22.6 Å². The first-order valence-corrected chi connectivity index (χ1v) is 7.05. The van der Waals surface area contributed by atoms with Gasteiger partial charge in [0.2, 0.25) is 5.91 Å². The van der Waals surface area contributed by atoms with Gasteiger partial charge in [-0.15, -0.1) is 11.6 Å². The molecule has 4 nitrogen and oxygen atoms in total. The van der Waals surface area contributed by atoms with Gasteiger partial charge < -0.3 is 15.3 Å². The lowest BCUT2D eigenvalue weighted by molar-refractivity contribution is -0.117. The van der Waals surface area contributed by atoms with Gasteiger partial charge in [-0.25, -0.2) is 0 Å². The number of aliphatic hydroxyl groups excluding tert-OH is 1. The average molecular weight is 283 g/mol. The number of hydrogen-bond donors (Lipinski definition) is 2. The minimum Gasteiger partial charge on any atom is -0.390 e. The quantitative estimate of drug-likeness (QED) is 0.814. The maximum Gasteiger partial charge on any atom is 0.227 e. The number of amides is 1. The van der Waals surface area contributed by atoms with Gasteiger partial charge >= 0.3 is 0 Å². The summed E-state index contributed by atoms with van der Waals surface area (Å²) in [5.41, 5.74) is 1.79. The highest BCUT2D eigenvalue weighted by atomic mass is 35.5. The first kappa shape index (κ1) is 14.2. The summed E-state index contributed by atoms with van der Waals surface area (Å²) < 4.78 is 0. The number of nitrogens with zero attached hydrogens (tertiary/aromatic N) is 1. The first-order chi connectivity index (χ1) is 9.11. The van der Waals surface area contributed by atoms with Crippen molar-refractivity contribution in [2.24, 2.45) is 0 Å². The van der Waals surface area contributed by atoms with Crippen molar-refractivity contribution in [3.05, 3.63) is 24.3 Å². The molecule has 0 spiro atoms. The third kappa shape index (κ3) is 3.39. The Morgan fingerprint density at radius 2 is 2.37 bits per heavy atom. The van der Waals surface area contributed by atoms with Crippen molar-refractivity contribution >= 4 is 28.9 Å². The highest BCUT2D eigenvalue weighted by Gasteiger charge is 2.28. The van der Waals surface area contributed by atoms with E-state index < -0.39 is 6.10 Å². The Kier molecular flexibility index (Phi) is 4.66. The van der Waals surface area contributed by atoms with Crippen LogP contribution in [-0.4, -0.2) is 35.6 Å². The van der Waals surface area contributed by atoms with Crippen LogP contribution in [-0.2, 0) is 4.79 Å². The number of alkyl halides is 1. The molecule has 2 N–H and O–H groups in total. The van der Waals surface area contributed by atoms with Crippen LogP contribution < -0.4 is 10.2 Å². The monoisotopic (exact) mass is 282 g/mol. The fourth-order valence-corrected chi connectivity index (χ4v) is 2.39. The maximum atomic E-state index is 11.9. The molecule has 1 amide bonds. The number of halogens is 1. The van der Waals surface area contributed by atoms with E-state index in [0.717, 1.165) is 17.8 Å². The molecule has 104 valence electrons. The Bertz CT molecular complexity index is 453. The molecule has 1 aromatic carbocycles. The van der Waals surface area contributed by atoms with Gasteiger partial charge in [-0.1, -0.05) is 6.07 Å². The van der Waals surface area contributed by atoms with Crippen LogP contribution in [0.25, 0.3) is 0 Å². The van der Waals surface area contributed by atoms with Crippen molar-refractivity contribution in [1.29, 1.82) is 0 Å². The number of carbonyl (C=O) groups is 1. The molecule has 0 aromatic heterocycles. The lowest BCUT2D eigenvalue weighted by atomic mass is 10.2. The molecule has 5 heteroatoms. The zero-order valence-corrected chi connectivity index (χ0v) is 11.7. The predicted molar refractivity (Wildman–Crippen MR) is 77.8 cm³/mol. The molecule has 1 aliphatic heterocycles. The van der Waals surface area contributed by atoms with Crippen LogP contribution in [0.2, 0.25) is 0 Å². The van der Waals surface area contributed by atoms with Crippen molar-refractivity contribution in [3.63, 3.8) is 0 Å². The second-order valence-electron chi connectivity index (χ2n) is 4.89. The number of anilines is 2. The SMILES string of the molecule is CC1CCC(=O)N1c1cccc(NCC(O)CCl)c1. The van der Waals surface area contributed by atoms with Gasteiger partial charge in [0, 0.05) is 30.4 Å². The Morgan fingerprint density at radius 1 is 1.58 bits per heavy atom. The Balaban J connectivity index is 2.08. The van der Waals surface area contributed by atoms with Crippen LogP contribution in [0.4, 0.5) is 11.4 Å². The fraction of sp³-hybridized carbons (Fsp3) is 0.500. The topological polar surface area (TPSA) is 52.6 Å². The van der Waals surface area contributed by atoms with Gasteiger partial charge in [0.05, 0.1) is 12.0 Å². The first-order valence-electron chi connectivity index (χ1n) is 6.52. The molecule has 0 bridgehead atoms. The van der Waals surface area contributed by atoms with Gasteiger partial charge in [-0.3, -0.25) is 4.79 Å². The zero-order chi connectivity index (χ0) is 13.8. The van der Waals surface area contributed by atoms with Crippen LogP contribution in [0.1, 0.15) is 19.8 Å². The summed E-state index contributed by atoms with van der Waals surface area (Å²) in [7, 11) is 0. The molecule has 1 fully saturated rings. The van der Waals surface area contributed by atoms with Gasteiger partial charge in [-0.05, 0) is 31.5 Å². The summed E-state index contributed by atoms with van der Waals surface area (Å²) in [4.78, 5) is 13.7. The Morgan fingerprint density at radius 3 is 3.00 bits per heavy atom. The molecule has 1 heterocycles. The largest absolute Gasteiger partial charge is 0.390 e. The molecule has 2 unspecified atom stereocenters. The Labute approximate surface area is 118 Å². The molecule has 0 aliphatic carbocycles. The molecule has 0 saturated carbocycles. The summed E-state index contributed by atoms with van der Waals surface area (Å²) in [6, 6.07) is 7.93. The second kappa shape index (κ2) is 6.26. The summed E-state index contributed by atoms with van der Waals surface area (Å²) in [6.07, 6.45) is 0.947. The van der Waals surface area contributed by atoms with Crippen molar-refractivity contribution in [3.8, 4) is 0 Å². The lowest BCUT2D eigenvalue weighted by Gasteiger charge is -2.22. The standard InChI is InChI=1S/C14H19ClN2O2/c1-10-5-6-14(19)17(10)12-4-2-3-11(7-12)16-9-13(18)8-15/h2-4,7,10,13,16,18H,5-6,8-9H2,1H3. The summed E-state index contributed by atoms with van der Waals surface area (Å²) in [5.74, 6) is 0.374. The number of hydrogen-bond acceptors (Lipinski definition) is 3. The van der Waals surface area contributed by atoms with E-state index in [2.05, 4.69) is 12.2 Å². The summed E-state index contributed by atoms with van der Waals surface area (Å²) in [6.45, 7) is 2.46. The van der Waals surface area contributed by atoms with Crippen LogP contribution in [0, 0.1) is 0 Å². The number of rotatable bonds is 5. The number of aliphatic hydroxyl groups is 1. The van der Waals surface area contributed by atoms with Crippen LogP contribution in [0.3, 0.4) is 0 Å². The molecule has 2 atom stereocenters. The van der Waals surface area contributed by atoms with E-state index in [1.807, 2.05) is 29.2 Å². The second-order valence-corrected chi connectivity index (χ2v) is 5.20. The van der Waals surface area contributed by atoms with E-state index in [0.29, 0.717) is 13.0 Å². The van der Waals surface area contributed by atoms with E-state index >= 15 is 0 Å². The van der Waals surface area contributed by atoms with Crippen molar-refractivity contribution in [1.82, 2.24) is 0 Å². The van der Waals surface area contributed by atoms with Crippen LogP contribution >= 0.6 is 11.6 Å². The van der Waals surface area contributed by atoms with E-state index in [1.165, 1.54) is 0 Å². The lowest BCUT2D eigenvalue weighted by Crippen LogP contribution is -2.30. The molecular weight excluding hydrogens is 264 g/mol. The van der Waals surface area contributed by atoms with E-state index in [4.69, 9.17) is 11.6 Å². The highest BCUT2D eigenvalue weighted by molar-refractivity contribution is 6.18.